The fraction of sp³-hybridized carbons (Fsp3) is 0.458. The molecular formula is C24H27F3N8OS. The molecule has 1 aliphatic rings. The molecule has 1 N–H and O–H groups in total. The number of pyridine rings is 1. The van der Waals surface area contributed by atoms with Crippen molar-refractivity contribution >= 4 is 22.9 Å². The van der Waals surface area contributed by atoms with Crippen LogP contribution in [0.2, 0.25) is 0 Å². The first-order valence-corrected chi connectivity index (χ1v) is 12.7. The Labute approximate surface area is 215 Å². The van der Waals surface area contributed by atoms with Crippen LogP contribution in [0.1, 0.15) is 34.8 Å². The minimum absolute atomic E-state index is 0.0522. The summed E-state index contributed by atoms with van der Waals surface area (Å²) in [6, 6.07) is 1.77. The van der Waals surface area contributed by atoms with Crippen molar-refractivity contribution in [3.8, 4) is 22.0 Å². The van der Waals surface area contributed by atoms with Gasteiger partial charge in [-0.15, -0.1) is 11.3 Å². The highest BCUT2D eigenvalue weighted by Gasteiger charge is 2.34. The Morgan fingerprint density at radius 2 is 2.00 bits per heavy atom. The average Bonchev–Trinajstić information content (AvgIpc) is 3.57. The van der Waals surface area contributed by atoms with Gasteiger partial charge >= 0.3 is 6.18 Å². The molecule has 0 unspecified atom stereocenters. The summed E-state index contributed by atoms with van der Waals surface area (Å²) in [4.78, 5) is 25.7. The number of rotatable bonds is 6. The Balaban J connectivity index is 1.42. The SMILES string of the molecule is Cc1cc(-c2n[nH]c(-c3ncc(C4CCN(C(=O)CN(C)C)CC4)s3)c2CC(F)(F)F)cn2ncnc12. The number of likely N-dealkylation sites (tertiary alicyclic amines) is 1. The van der Waals surface area contributed by atoms with Crippen molar-refractivity contribution in [3.63, 3.8) is 0 Å². The van der Waals surface area contributed by atoms with Gasteiger partial charge < -0.3 is 9.80 Å². The number of likely N-dealkylation sites (N-methyl/N-ethyl adjacent to an activating group) is 1. The topological polar surface area (TPSA) is 95.3 Å². The van der Waals surface area contributed by atoms with Gasteiger partial charge in [0.25, 0.3) is 0 Å². The van der Waals surface area contributed by atoms with E-state index in [1.54, 1.807) is 18.5 Å². The van der Waals surface area contributed by atoms with E-state index < -0.39 is 12.6 Å². The Kier molecular flexibility index (Phi) is 6.75. The lowest BCUT2D eigenvalue weighted by Crippen LogP contribution is -2.42. The van der Waals surface area contributed by atoms with Crippen LogP contribution in [-0.4, -0.2) is 85.4 Å². The first kappa shape index (κ1) is 25.3. The van der Waals surface area contributed by atoms with Gasteiger partial charge in [0.1, 0.15) is 11.3 Å². The largest absolute Gasteiger partial charge is 0.393 e. The van der Waals surface area contributed by atoms with Gasteiger partial charge in [-0.25, -0.2) is 14.5 Å². The number of hydrogen-bond acceptors (Lipinski definition) is 7. The molecular weight excluding hydrogens is 505 g/mol. The number of piperidine rings is 1. The molecule has 9 nitrogen and oxygen atoms in total. The molecule has 1 aliphatic heterocycles. The highest BCUT2D eigenvalue weighted by atomic mass is 32.1. The highest BCUT2D eigenvalue weighted by Crippen LogP contribution is 2.39. The van der Waals surface area contributed by atoms with Crippen molar-refractivity contribution in [2.45, 2.75) is 38.3 Å². The van der Waals surface area contributed by atoms with Crippen LogP contribution >= 0.6 is 11.3 Å². The molecule has 0 radical (unpaired) electrons. The standard InChI is InChI=1S/C24H27F3N8OS/c1-14-8-16(11-35-22(14)29-13-30-35)20-17(9-24(25,26)27)21(32-31-20)23-28-10-18(37-23)15-4-6-34(7-5-15)19(36)12-33(2)3/h8,10-11,13,15H,4-7,9,12H2,1-3H3,(H,31,32). The van der Waals surface area contributed by atoms with Crippen molar-refractivity contribution in [2.24, 2.45) is 0 Å². The van der Waals surface area contributed by atoms with Gasteiger partial charge in [-0.1, -0.05) is 0 Å². The number of carbonyl (C=O) groups excluding carboxylic acids is 1. The smallest absolute Gasteiger partial charge is 0.342 e. The van der Waals surface area contributed by atoms with Gasteiger partial charge in [-0.05, 0) is 51.4 Å². The number of thiazole rings is 1. The summed E-state index contributed by atoms with van der Waals surface area (Å²) >= 11 is 1.38. The average molecular weight is 533 g/mol. The quantitative estimate of drug-likeness (QED) is 0.405. The molecule has 4 aromatic heterocycles. The van der Waals surface area contributed by atoms with E-state index in [9.17, 15) is 18.0 Å². The lowest BCUT2D eigenvalue weighted by molar-refractivity contribution is -0.133. The molecule has 0 atom stereocenters. The van der Waals surface area contributed by atoms with E-state index in [2.05, 4.69) is 25.3 Å². The van der Waals surface area contributed by atoms with Gasteiger partial charge in [0, 0.05) is 41.5 Å². The van der Waals surface area contributed by atoms with E-state index in [0.717, 1.165) is 23.3 Å². The van der Waals surface area contributed by atoms with E-state index in [0.29, 0.717) is 35.9 Å². The van der Waals surface area contributed by atoms with Crippen LogP contribution in [0.5, 0.6) is 0 Å². The zero-order valence-electron chi connectivity index (χ0n) is 20.7. The van der Waals surface area contributed by atoms with Crippen molar-refractivity contribution < 1.29 is 18.0 Å². The molecule has 37 heavy (non-hydrogen) atoms. The monoisotopic (exact) mass is 532 g/mol. The molecule has 13 heteroatoms. The second-order valence-electron chi connectivity index (χ2n) is 9.62. The molecule has 4 aromatic rings. The van der Waals surface area contributed by atoms with Gasteiger partial charge in [0.15, 0.2) is 5.65 Å². The zero-order chi connectivity index (χ0) is 26.3. The van der Waals surface area contributed by atoms with E-state index in [1.807, 2.05) is 30.8 Å². The summed E-state index contributed by atoms with van der Waals surface area (Å²) < 4.78 is 42.5. The van der Waals surface area contributed by atoms with Gasteiger partial charge in [0.05, 0.1) is 24.4 Å². The summed E-state index contributed by atoms with van der Waals surface area (Å²) in [5.74, 6) is 0.315. The summed E-state index contributed by atoms with van der Waals surface area (Å²) in [6.45, 7) is 3.52. The van der Waals surface area contributed by atoms with Crippen LogP contribution in [0.3, 0.4) is 0 Å². The Morgan fingerprint density at radius 3 is 2.70 bits per heavy atom. The molecule has 196 valence electrons. The normalized spacial score (nSPS) is 15.3. The third kappa shape index (κ3) is 5.37. The fourth-order valence-corrected chi connectivity index (χ4v) is 5.86. The third-order valence-electron chi connectivity index (χ3n) is 6.52. The number of carbonyl (C=O) groups is 1. The Bertz CT molecular complexity index is 1410. The number of amides is 1. The fourth-order valence-electron chi connectivity index (χ4n) is 4.75. The molecule has 0 aromatic carbocycles. The van der Waals surface area contributed by atoms with Crippen LogP contribution in [0.15, 0.2) is 24.8 Å². The number of aromatic amines is 1. The molecule has 5 rings (SSSR count). The van der Waals surface area contributed by atoms with Crippen molar-refractivity contribution in [1.29, 1.82) is 0 Å². The number of H-pyrrole nitrogens is 1. The van der Waals surface area contributed by atoms with Gasteiger partial charge in [-0.2, -0.15) is 23.4 Å². The molecule has 0 spiro atoms. The third-order valence-corrected chi connectivity index (χ3v) is 7.69. The van der Waals surface area contributed by atoms with Crippen LogP contribution < -0.4 is 0 Å². The Morgan fingerprint density at radius 1 is 1.24 bits per heavy atom. The Hall–Kier alpha value is -3.32. The van der Waals surface area contributed by atoms with Crippen molar-refractivity contribution in [1.82, 2.24) is 39.6 Å². The number of nitrogens with one attached hydrogen (secondary N) is 1. The molecule has 1 saturated heterocycles. The van der Waals surface area contributed by atoms with Crippen molar-refractivity contribution in [3.05, 3.63) is 40.8 Å². The number of alkyl halides is 3. The maximum absolute atomic E-state index is 13.6. The number of fused-ring (bicyclic) bond motifs is 1. The van der Waals surface area contributed by atoms with E-state index in [-0.39, 0.29) is 28.8 Å². The first-order valence-electron chi connectivity index (χ1n) is 11.9. The second kappa shape index (κ2) is 9.86. The molecule has 1 amide bonds. The minimum Gasteiger partial charge on any atom is -0.342 e. The lowest BCUT2D eigenvalue weighted by atomic mass is 9.96. The second-order valence-corrected chi connectivity index (χ2v) is 10.7. The summed E-state index contributed by atoms with van der Waals surface area (Å²) in [5.41, 5.74) is 2.48. The van der Waals surface area contributed by atoms with E-state index >= 15 is 0 Å². The molecule has 0 bridgehead atoms. The minimum atomic E-state index is -4.42. The summed E-state index contributed by atoms with van der Waals surface area (Å²) in [5, 5.41) is 11.7. The van der Waals surface area contributed by atoms with Crippen LogP contribution in [0, 0.1) is 6.92 Å². The number of aryl methyl sites for hydroxylation is 1. The van der Waals surface area contributed by atoms with Gasteiger partial charge in [0.2, 0.25) is 5.91 Å². The highest BCUT2D eigenvalue weighted by molar-refractivity contribution is 7.15. The first-order chi connectivity index (χ1) is 17.6. The van der Waals surface area contributed by atoms with Gasteiger partial charge in [-0.3, -0.25) is 9.89 Å². The predicted molar refractivity (Wildman–Crippen MR) is 133 cm³/mol. The summed E-state index contributed by atoms with van der Waals surface area (Å²) in [7, 11) is 3.73. The molecule has 0 saturated carbocycles. The van der Waals surface area contributed by atoms with Crippen LogP contribution in [0.4, 0.5) is 13.2 Å². The molecule has 0 aliphatic carbocycles. The molecule has 5 heterocycles. The maximum atomic E-state index is 13.6. The zero-order valence-corrected chi connectivity index (χ0v) is 21.5. The van der Waals surface area contributed by atoms with Crippen LogP contribution in [-0.2, 0) is 11.2 Å². The number of halogens is 3. The number of hydrogen-bond donors (Lipinski definition) is 1. The van der Waals surface area contributed by atoms with Crippen LogP contribution in [0.25, 0.3) is 27.6 Å². The van der Waals surface area contributed by atoms with E-state index in [4.69, 9.17) is 0 Å². The number of aromatic nitrogens is 6. The maximum Gasteiger partial charge on any atom is 0.393 e. The lowest BCUT2D eigenvalue weighted by Gasteiger charge is -2.32. The van der Waals surface area contributed by atoms with Crippen molar-refractivity contribution in [2.75, 3.05) is 33.7 Å². The predicted octanol–water partition coefficient (Wildman–Crippen LogP) is 3.92. The molecule has 1 fully saturated rings. The number of nitrogens with zero attached hydrogens (tertiary/aromatic N) is 7. The van der Waals surface area contributed by atoms with E-state index in [1.165, 1.54) is 22.2 Å². The summed E-state index contributed by atoms with van der Waals surface area (Å²) in [6.07, 6.45) is 0.802.